The Bertz CT molecular complexity index is 369. The van der Waals surface area contributed by atoms with Gasteiger partial charge in [0.05, 0.1) is 0 Å². The van der Waals surface area contributed by atoms with E-state index in [0.29, 0.717) is 5.41 Å². The molecule has 1 aliphatic heterocycles. The van der Waals surface area contributed by atoms with Crippen LogP contribution in [0.15, 0.2) is 18.2 Å². The maximum atomic E-state index is 13.6. The van der Waals surface area contributed by atoms with Gasteiger partial charge in [-0.05, 0) is 41.9 Å². The van der Waals surface area contributed by atoms with Crippen LogP contribution >= 0.6 is 0 Å². The Morgan fingerprint density at radius 2 is 2.14 bits per heavy atom. The van der Waals surface area contributed by atoms with E-state index >= 15 is 0 Å². The summed E-state index contributed by atoms with van der Waals surface area (Å²) in [6.07, 6.45) is 3.20. The van der Waals surface area contributed by atoms with Crippen molar-refractivity contribution < 1.29 is 4.39 Å². The first-order chi connectivity index (χ1) is 6.79. The molecular formula is C12H14FN. The van der Waals surface area contributed by atoms with Crippen LogP contribution in [0.1, 0.15) is 17.5 Å². The van der Waals surface area contributed by atoms with Crippen LogP contribution in [0.2, 0.25) is 0 Å². The number of halogens is 1. The molecule has 14 heavy (non-hydrogen) atoms. The molecule has 1 heterocycles. The third-order valence-electron chi connectivity index (χ3n) is 3.69. The number of hydrogen-bond acceptors (Lipinski definition) is 1. The van der Waals surface area contributed by atoms with Gasteiger partial charge in [-0.15, -0.1) is 0 Å². The highest BCUT2D eigenvalue weighted by Crippen LogP contribution is 2.39. The Labute approximate surface area is 83.3 Å². The summed E-state index contributed by atoms with van der Waals surface area (Å²) in [6.45, 7) is 2.14. The van der Waals surface area contributed by atoms with Gasteiger partial charge in [0.25, 0.3) is 0 Å². The third kappa shape index (κ3) is 1.10. The van der Waals surface area contributed by atoms with E-state index in [1.54, 1.807) is 6.07 Å². The second-order valence-corrected chi connectivity index (χ2v) is 4.66. The van der Waals surface area contributed by atoms with Gasteiger partial charge in [-0.1, -0.05) is 12.1 Å². The highest BCUT2D eigenvalue weighted by molar-refractivity contribution is 5.33. The van der Waals surface area contributed by atoms with Gasteiger partial charge in [0.2, 0.25) is 0 Å². The molecule has 74 valence electrons. The lowest BCUT2D eigenvalue weighted by Gasteiger charge is -2.46. The van der Waals surface area contributed by atoms with Crippen molar-refractivity contribution in [2.45, 2.75) is 19.3 Å². The standard InChI is InChI=1S/C12H14FN/c13-11-3-1-2-9-4-5-12(6-10(9)11)7-14-8-12/h1-3,14H,4-8H2. The molecule has 0 aromatic heterocycles. The number of fused-ring (bicyclic) bond motifs is 1. The van der Waals surface area contributed by atoms with Crippen molar-refractivity contribution in [2.24, 2.45) is 5.41 Å². The van der Waals surface area contributed by atoms with Crippen LogP contribution in [0, 0.1) is 11.2 Å². The van der Waals surface area contributed by atoms with Crippen molar-refractivity contribution in [3.05, 3.63) is 35.1 Å². The highest BCUT2D eigenvalue weighted by Gasteiger charge is 2.40. The summed E-state index contributed by atoms with van der Waals surface area (Å²) >= 11 is 0. The van der Waals surface area contributed by atoms with Crippen molar-refractivity contribution in [1.82, 2.24) is 5.32 Å². The first-order valence-electron chi connectivity index (χ1n) is 5.26. The van der Waals surface area contributed by atoms with Crippen LogP contribution in [0.3, 0.4) is 0 Å². The Balaban J connectivity index is 2.00. The first-order valence-corrected chi connectivity index (χ1v) is 5.26. The largest absolute Gasteiger partial charge is 0.316 e. The molecule has 0 bridgehead atoms. The Morgan fingerprint density at radius 3 is 2.86 bits per heavy atom. The number of hydrogen-bond donors (Lipinski definition) is 1. The van der Waals surface area contributed by atoms with Crippen LogP contribution in [0.25, 0.3) is 0 Å². The quantitative estimate of drug-likeness (QED) is 0.660. The molecular weight excluding hydrogens is 177 g/mol. The lowest BCUT2D eigenvalue weighted by atomic mass is 9.68. The molecule has 1 nitrogen and oxygen atoms in total. The van der Waals surface area contributed by atoms with E-state index in [4.69, 9.17) is 0 Å². The predicted molar refractivity (Wildman–Crippen MR) is 53.7 cm³/mol. The zero-order valence-electron chi connectivity index (χ0n) is 8.15. The first kappa shape index (κ1) is 8.42. The molecule has 1 aliphatic carbocycles. The van der Waals surface area contributed by atoms with Crippen LogP contribution in [0.5, 0.6) is 0 Å². The van der Waals surface area contributed by atoms with Gasteiger partial charge >= 0.3 is 0 Å². The molecule has 1 N–H and O–H groups in total. The summed E-state index contributed by atoms with van der Waals surface area (Å²) in [5, 5.41) is 3.30. The average Bonchev–Trinajstić information content (AvgIpc) is 2.16. The Kier molecular flexibility index (Phi) is 1.68. The number of benzene rings is 1. The van der Waals surface area contributed by atoms with E-state index in [2.05, 4.69) is 11.4 Å². The van der Waals surface area contributed by atoms with E-state index in [9.17, 15) is 4.39 Å². The zero-order chi connectivity index (χ0) is 9.60. The molecule has 0 amide bonds. The summed E-state index contributed by atoms with van der Waals surface area (Å²) in [5.41, 5.74) is 2.58. The molecule has 0 radical (unpaired) electrons. The van der Waals surface area contributed by atoms with Crippen molar-refractivity contribution in [3.8, 4) is 0 Å². The summed E-state index contributed by atoms with van der Waals surface area (Å²) in [7, 11) is 0. The normalized spacial score (nSPS) is 22.9. The molecule has 1 spiro atoms. The fraction of sp³-hybridized carbons (Fsp3) is 0.500. The molecule has 1 aromatic rings. The van der Waals surface area contributed by atoms with E-state index in [0.717, 1.165) is 31.5 Å². The van der Waals surface area contributed by atoms with Crippen LogP contribution in [-0.4, -0.2) is 13.1 Å². The number of rotatable bonds is 0. The SMILES string of the molecule is Fc1cccc2c1CC1(CC2)CNC1. The van der Waals surface area contributed by atoms with Crippen molar-refractivity contribution in [1.29, 1.82) is 0 Å². The fourth-order valence-electron chi connectivity index (χ4n) is 2.68. The van der Waals surface area contributed by atoms with E-state index in [1.807, 2.05) is 6.07 Å². The van der Waals surface area contributed by atoms with Gasteiger partial charge in [0.15, 0.2) is 0 Å². The van der Waals surface area contributed by atoms with Gasteiger partial charge in [0.1, 0.15) is 5.82 Å². The minimum atomic E-state index is -0.00604. The molecule has 0 unspecified atom stereocenters. The summed E-state index contributed by atoms with van der Waals surface area (Å²) < 4.78 is 13.6. The van der Waals surface area contributed by atoms with Crippen LogP contribution < -0.4 is 5.32 Å². The van der Waals surface area contributed by atoms with Crippen molar-refractivity contribution in [2.75, 3.05) is 13.1 Å². The second-order valence-electron chi connectivity index (χ2n) is 4.66. The van der Waals surface area contributed by atoms with E-state index < -0.39 is 0 Å². The molecule has 1 aromatic carbocycles. The number of nitrogens with one attached hydrogen (secondary N) is 1. The minimum absolute atomic E-state index is 0.00604. The molecule has 3 rings (SSSR count). The van der Waals surface area contributed by atoms with Crippen LogP contribution in [-0.2, 0) is 12.8 Å². The predicted octanol–water partition coefficient (Wildman–Crippen LogP) is 1.90. The van der Waals surface area contributed by atoms with E-state index in [1.165, 1.54) is 12.0 Å². The fourth-order valence-corrected chi connectivity index (χ4v) is 2.68. The molecule has 0 atom stereocenters. The molecule has 2 aliphatic rings. The zero-order valence-corrected chi connectivity index (χ0v) is 8.15. The molecule has 1 fully saturated rings. The average molecular weight is 191 g/mol. The monoisotopic (exact) mass is 191 g/mol. The van der Waals surface area contributed by atoms with Gasteiger partial charge in [-0.25, -0.2) is 4.39 Å². The summed E-state index contributed by atoms with van der Waals surface area (Å²) in [4.78, 5) is 0. The topological polar surface area (TPSA) is 12.0 Å². The minimum Gasteiger partial charge on any atom is -0.316 e. The maximum absolute atomic E-state index is 13.6. The molecule has 0 saturated carbocycles. The molecule has 2 heteroatoms. The second kappa shape index (κ2) is 2.80. The Hall–Kier alpha value is -0.890. The van der Waals surface area contributed by atoms with Crippen molar-refractivity contribution >= 4 is 0 Å². The summed E-state index contributed by atoms with van der Waals surface area (Å²) in [6, 6.07) is 5.48. The summed E-state index contributed by atoms with van der Waals surface area (Å²) in [5.74, 6) is -0.00604. The lowest BCUT2D eigenvalue weighted by molar-refractivity contribution is 0.141. The number of aryl methyl sites for hydroxylation is 1. The third-order valence-corrected chi connectivity index (χ3v) is 3.69. The lowest BCUT2D eigenvalue weighted by Crippen LogP contribution is -2.56. The van der Waals surface area contributed by atoms with Gasteiger partial charge < -0.3 is 5.32 Å². The molecule has 1 saturated heterocycles. The highest BCUT2D eigenvalue weighted by atomic mass is 19.1. The van der Waals surface area contributed by atoms with Crippen molar-refractivity contribution in [3.63, 3.8) is 0 Å². The smallest absolute Gasteiger partial charge is 0.126 e. The van der Waals surface area contributed by atoms with Gasteiger partial charge in [-0.3, -0.25) is 0 Å². The van der Waals surface area contributed by atoms with Gasteiger partial charge in [0, 0.05) is 13.1 Å². The van der Waals surface area contributed by atoms with Gasteiger partial charge in [-0.2, -0.15) is 0 Å². The Morgan fingerprint density at radius 1 is 1.29 bits per heavy atom. The van der Waals surface area contributed by atoms with E-state index in [-0.39, 0.29) is 5.82 Å². The van der Waals surface area contributed by atoms with Crippen LogP contribution in [0.4, 0.5) is 4.39 Å². The maximum Gasteiger partial charge on any atom is 0.126 e.